The van der Waals surface area contributed by atoms with Crippen LogP contribution < -0.4 is 5.32 Å². The minimum absolute atomic E-state index is 0.120. The normalized spacial score (nSPS) is 16.7. The van der Waals surface area contributed by atoms with Gasteiger partial charge < -0.3 is 10.2 Å². The Balaban J connectivity index is 1.76. The minimum Gasteiger partial charge on any atom is -0.352 e. The Morgan fingerprint density at radius 2 is 1.81 bits per heavy atom. The third-order valence-corrected chi connectivity index (χ3v) is 5.53. The summed E-state index contributed by atoms with van der Waals surface area (Å²) in [4.78, 5) is 27.5. The number of carbonyl (C=O) groups excluding carboxylic acids is 2. The monoisotopic (exact) mass is 442 g/mol. The molecular weight excluding hydrogens is 421 g/mol. The third kappa shape index (κ3) is 3.86. The Kier molecular flexibility index (Phi) is 5.50. The number of aromatic nitrogens is 2. The maximum absolute atomic E-state index is 13.3. The van der Waals surface area contributed by atoms with E-state index in [0.717, 1.165) is 17.8 Å². The molecule has 6 nitrogen and oxygen atoms in total. The molecule has 4 rings (SSSR count). The van der Waals surface area contributed by atoms with Crippen molar-refractivity contribution in [1.82, 2.24) is 20.0 Å². The molecule has 1 fully saturated rings. The molecule has 166 valence electrons. The summed E-state index contributed by atoms with van der Waals surface area (Å²) in [6.45, 7) is 3.93. The lowest BCUT2D eigenvalue weighted by molar-refractivity contribution is -0.137. The number of benzene rings is 2. The van der Waals surface area contributed by atoms with Crippen molar-refractivity contribution in [2.75, 3.05) is 13.1 Å². The first-order chi connectivity index (χ1) is 15.2. The molecule has 3 aromatic rings. The van der Waals surface area contributed by atoms with Crippen LogP contribution in [-0.4, -0.2) is 39.6 Å². The number of piperazine rings is 1. The summed E-state index contributed by atoms with van der Waals surface area (Å²) in [6.07, 6.45) is -4.57. The number of rotatable bonds is 3. The number of amides is 2. The highest BCUT2D eigenvalue weighted by atomic mass is 19.4. The predicted molar refractivity (Wildman–Crippen MR) is 111 cm³/mol. The number of carbonyl (C=O) groups is 2. The number of nitrogens with zero attached hydrogens (tertiary/aromatic N) is 3. The second-order valence-corrected chi connectivity index (χ2v) is 7.60. The van der Waals surface area contributed by atoms with E-state index in [0.29, 0.717) is 17.0 Å². The molecule has 0 unspecified atom stereocenters. The van der Waals surface area contributed by atoms with Gasteiger partial charge in [0.1, 0.15) is 6.04 Å². The van der Waals surface area contributed by atoms with Gasteiger partial charge in [-0.3, -0.25) is 9.59 Å². The lowest BCUT2D eigenvalue weighted by atomic mass is 9.98. The molecule has 0 saturated carbocycles. The molecule has 0 spiro atoms. The van der Waals surface area contributed by atoms with Gasteiger partial charge in [0.2, 0.25) is 5.91 Å². The van der Waals surface area contributed by atoms with Gasteiger partial charge in [0, 0.05) is 29.9 Å². The maximum atomic E-state index is 13.3. The molecular formula is C23H21F3N4O2. The zero-order valence-electron chi connectivity index (χ0n) is 17.5. The van der Waals surface area contributed by atoms with Crippen molar-refractivity contribution in [3.63, 3.8) is 0 Å². The molecule has 1 saturated heterocycles. The van der Waals surface area contributed by atoms with Crippen molar-refractivity contribution in [3.8, 4) is 5.69 Å². The van der Waals surface area contributed by atoms with Gasteiger partial charge in [-0.25, -0.2) is 4.68 Å². The molecule has 2 aromatic carbocycles. The van der Waals surface area contributed by atoms with Crippen LogP contribution in [0.5, 0.6) is 0 Å². The summed E-state index contributed by atoms with van der Waals surface area (Å²) >= 11 is 0. The van der Waals surface area contributed by atoms with Crippen molar-refractivity contribution in [3.05, 3.63) is 82.7 Å². The molecule has 2 heterocycles. The highest BCUT2D eigenvalue weighted by Crippen LogP contribution is 2.33. The largest absolute Gasteiger partial charge is 0.416 e. The second-order valence-electron chi connectivity index (χ2n) is 7.60. The van der Waals surface area contributed by atoms with Gasteiger partial charge in [-0.15, -0.1) is 0 Å². The molecule has 0 bridgehead atoms. The van der Waals surface area contributed by atoms with Gasteiger partial charge in [-0.2, -0.15) is 18.3 Å². The fraction of sp³-hybridized carbons (Fsp3) is 0.261. The topological polar surface area (TPSA) is 67.2 Å². The average Bonchev–Trinajstić information content (AvgIpc) is 3.07. The van der Waals surface area contributed by atoms with E-state index in [2.05, 4.69) is 10.4 Å². The van der Waals surface area contributed by atoms with Crippen LogP contribution in [0, 0.1) is 13.8 Å². The van der Waals surface area contributed by atoms with Crippen LogP contribution in [0.2, 0.25) is 0 Å². The van der Waals surface area contributed by atoms with E-state index in [9.17, 15) is 22.8 Å². The van der Waals surface area contributed by atoms with E-state index >= 15 is 0 Å². The number of nitrogens with one attached hydrogen (secondary N) is 1. The van der Waals surface area contributed by atoms with Crippen LogP contribution in [0.1, 0.15) is 38.9 Å². The van der Waals surface area contributed by atoms with Crippen LogP contribution in [0.4, 0.5) is 13.2 Å². The molecule has 9 heteroatoms. The Morgan fingerprint density at radius 1 is 1.09 bits per heavy atom. The fourth-order valence-corrected chi connectivity index (χ4v) is 4.04. The molecule has 2 amide bonds. The van der Waals surface area contributed by atoms with Gasteiger partial charge in [0.05, 0.1) is 16.9 Å². The highest BCUT2D eigenvalue weighted by molar-refractivity contribution is 5.99. The standard InChI is InChI=1S/C23H21F3N4O2/c1-14-19(15(2)30(28-14)18-9-4-3-5-10-18)20-21(31)27-11-12-29(20)22(32)16-7-6-8-17(13-16)23(24,25)26/h3-10,13,20H,11-12H2,1-2H3,(H,27,31)/t20-/m1/s1. The van der Waals surface area contributed by atoms with Gasteiger partial charge in [-0.05, 0) is 44.2 Å². The van der Waals surface area contributed by atoms with E-state index in [1.807, 2.05) is 30.3 Å². The fourth-order valence-electron chi connectivity index (χ4n) is 4.04. The second kappa shape index (κ2) is 8.14. The summed E-state index contributed by atoms with van der Waals surface area (Å²) in [6, 6.07) is 12.6. The lowest BCUT2D eigenvalue weighted by Gasteiger charge is -2.35. The van der Waals surface area contributed by atoms with Crippen molar-refractivity contribution in [1.29, 1.82) is 0 Å². The summed E-state index contributed by atoms with van der Waals surface area (Å²) in [5.74, 6) is -1.03. The summed E-state index contributed by atoms with van der Waals surface area (Å²) in [7, 11) is 0. The number of para-hydroxylation sites is 1. The molecule has 1 aliphatic rings. The van der Waals surface area contributed by atoms with Gasteiger partial charge in [0.25, 0.3) is 5.91 Å². The van der Waals surface area contributed by atoms with Crippen LogP contribution in [-0.2, 0) is 11.0 Å². The minimum atomic E-state index is -4.57. The van der Waals surface area contributed by atoms with E-state index in [4.69, 9.17) is 0 Å². The maximum Gasteiger partial charge on any atom is 0.416 e. The molecule has 1 aliphatic heterocycles. The molecule has 32 heavy (non-hydrogen) atoms. The number of hydrogen-bond acceptors (Lipinski definition) is 3. The smallest absolute Gasteiger partial charge is 0.352 e. The van der Waals surface area contributed by atoms with Gasteiger partial charge in [-0.1, -0.05) is 24.3 Å². The van der Waals surface area contributed by atoms with Crippen LogP contribution in [0.15, 0.2) is 54.6 Å². The van der Waals surface area contributed by atoms with Crippen molar-refractivity contribution < 1.29 is 22.8 Å². The summed E-state index contributed by atoms with van der Waals surface area (Å²) in [5, 5.41) is 7.31. The van der Waals surface area contributed by atoms with Crippen molar-refractivity contribution >= 4 is 11.8 Å². The van der Waals surface area contributed by atoms with E-state index in [1.165, 1.54) is 17.0 Å². The summed E-state index contributed by atoms with van der Waals surface area (Å²) < 4.78 is 41.1. The molecule has 1 aromatic heterocycles. The molecule has 0 radical (unpaired) electrons. The van der Waals surface area contributed by atoms with E-state index in [-0.39, 0.29) is 18.7 Å². The summed E-state index contributed by atoms with van der Waals surface area (Å²) in [5.41, 5.74) is 1.57. The van der Waals surface area contributed by atoms with Gasteiger partial charge >= 0.3 is 6.18 Å². The predicted octanol–water partition coefficient (Wildman–Crippen LogP) is 3.82. The van der Waals surface area contributed by atoms with Crippen LogP contribution in [0.25, 0.3) is 5.69 Å². The van der Waals surface area contributed by atoms with Crippen molar-refractivity contribution in [2.45, 2.75) is 26.1 Å². The quantitative estimate of drug-likeness (QED) is 0.671. The number of aryl methyl sites for hydroxylation is 1. The Bertz CT molecular complexity index is 1170. The van der Waals surface area contributed by atoms with Crippen LogP contribution >= 0.6 is 0 Å². The zero-order valence-corrected chi connectivity index (χ0v) is 17.5. The first-order valence-corrected chi connectivity index (χ1v) is 10.1. The molecule has 1 atom stereocenters. The van der Waals surface area contributed by atoms with E-state index in [1.54, 1.807) is 18.5 Å². The Hall–Kier alpha value is -3.62. The third-order valence-electron chi connectivity index (χ3n) is 5.53. The molecule has 1 N–H and O–H groups in total. The number of halogens is 3. The number of hydrogen-bond donors (Lipinski definition) is 1. The zero-order chi connectivity index (χ0) is 23.0. The number of alkyl halides is 3. The Labute approximate surface area is 182 Å². The first-order valence-electron chi connectivity index (χ1n) is 10.1. The SMILES string of the molecule is Cc1nn(-c2ccccc2)c(C)c1[C@@H]1C(=O)NCCN1C(=O)c1cccc(C(F)(F)F)c1. The van der Waals surface area contributed by atoms with Gasteiger partial charge in [0.15, 0.2) is 0 Å². The molecule has 0 aliphatic carbocycles. The highest BCUT2D eigenvalue weighted by Gasteiger charge is 2.39. The first kappa shape index (κ1) is 21.6. The van der Waals surface area contributed by atoms with Crippen molar-refractivity contribution in [2.24, 2.45) is 0 Å². The Morgan fingerprint density at radius 3 is 2.50 bits per heavy atom. The van der Waals surface area contributed by atoms with Crippen LogP contribution in [0.3, 0.4) is 0 Å². The lowest BCUT2D eigenvalue weighted by Crippen LogP contribution is -2.52. The van der Waals surface area contributed by atoms with E-state index < -0.39 is 29.6 Å². The average molecular weight is 442 g/mol.